The zero-order chi connectivity index (χ0) is 15.8. The van der Waals surface area contributed by atoms with E-state index in [1.54, 1.807) is 0 Å². The molecule has 7 nitrogen and oxygen atoms in total. The van der Waals surface area contributed by atoms with E-state index in [2.05, 4.69) is 0 Å². The summed E-state index contributed by atoms with van der Waals surface area (Å²) in [6.07, 6.45) is 0.272. The lowest BCUT2D eigenvalue weighted by atomic mass is 10.1. The third-order valence-corrected chi connectivity index (χ3v) is 5.21. The number of amides is 1. The number of sulfone groups is 1. The number of nitro groups is 1. The van der Waals surface area contributed by atoms with Gasteiger partial charge in [-0.1, -0.05) is 0 Å². The molecular weight excluding hydrogens is 303 g/mol. The molecule has 0 saturated carbocycles. The summed E-state index contributed by atoms with van der Waals surface area (Å²) in [5, 5.41) is 10.9. The molecule has 1 amide bonds. The van der Waals surface area contributed by atoms with Crippen LogP contribution < -0.4 is 0 Å². The average molecular weight is 316 g/mol. The van der Waals surface area contributed by atoms with Crippen molar-refractivity contribution in [1.29, 1.82) is 0 Å². The van der Waals surface area contributed by atoms with Crippen molar-refractivity contribution in [1.82, 2.24) is 4.90 Å². The van der Waals surface area contributed by atoms with Crippen LogP contribution in [0, 0.1) is 15.9 Å². The first-order valence-corrected chi connectivity index (χ1v) is 7.95. The summed E-state index contributed by atoms with van der Waals surface area (Å²) < 4.78 is 36.1. The van der Waals surface area contributed by atoms with E-state index in [1.165, 1.54) is 7.05 Å². The molecule has 0 radical (unpaired) electrons. The highest BCUT2D eigenvalue weighted by molar-refractivity contribution is 7.91. The second-order valence-electron chi connectivity index (χ2n) is 4.89. The van der Waals surface area contributed by atoms with Gasteiger partial charge in [-0.05, 0) is 18.6 Å². The van der Waals surface area contributed by atoms with Crippen LogP contribution in [0.4, 0.5) is 10.1 Å². The normalized spacial score (nSPS) is 20.2. The number of hydrogen-bond donors (Lipinski definition) is 0. The molecule has 2 rings (SSSR count). The number of nitro benzene ring substituents is 1. The van der Waals surface area contributed by atoms with Gasteiger partial charge in [0.25, 0.3) is 11.6 Å². The van der Waals surface area contributed by atoms with Gasteiger partial charge < -0.3 is 4.90 Å². The summed E-state index contributed by atoms with van der Waals surface area (Å²) in [6.45, 7) is 0. The van der Waals surface area contributed by atoms with Crippen LogP contribution in [0.5, 0.6) is 0 Å². The maximum atomic E-state index is 13.2. The summed E-state index contributed by atoms with van der Waals surface area (Å²) in [4.78, 5) is 23.5. The van der Waals surface area contributed by atoms with Gasteiger partial charge in [0, 0.05) is 19.2 Å². The van der Waals surface area contributed by atoms with Gasteiger partial charge in [0.15, 0.2) is 9.84 Å². The maximum absolute atomic E-state index is 13.2. The Kier molecular flexibility index (Phi) is 3.95. The molecule has 1 heterocycles. The summed E-state index contributed by atoms with van der Waals surface area (Å²) in [5.41, 5.74) is -0.888. The average Bonchev–Trinajstić information content (AvgIpc) is 2.77. The van der Waals surface area contributed by atoms with E-state index in [0.717, 1.165) is 23.1 Å². The Bertz CT molecular complexity index is 704. The van der Waals surface area contributed by atoms with Crippen LogP contribution in [-0.4, -0.2) is 48.7 Å². The number of carbonyl (C=O) groups is 1. The van der Waals surface area contributed by atoms with E-state index in [0.29, 0.717) is 0 Å². The van der Waals surface area contributed by atoms with Gasteiger partial charge in [0.1, 0.15) is 11.4 Å². The zero-order valence-corrected chi connectivity index (χ0v) is 12.0. The van der Waals surface area contributed by atoms with E-state index >= 15 is 0 Å². The number of rotatable bonds is 3. The molecule has 21 heavy (non-hydrogen) atoms. The Hall–Kier alpha value is -2.03. The molecule has 1 atom stereocenters. The third kappa shape index (κ3) is 3.18. The van der Waals surface area contributed by atoms with Crippen molar-refractivity contribution in [2.24, 2.45) is 0 Å². The fourth-order valence-corrected chi connectivity index (χ4v) is 4.05. The Morgan fingerprint density at radius 3 is 2.67 bits per heavy atom. The third-order valence-electron chi connectivity index (χ3n) is 3.46. The molecule has 1 aromatic carbocycles. The van der Waals surface area contributed by atoms with Crippen LogP contribution in [0.15, 0.2) is 18.2 Å². The highest BCUT2D eigenvalue weighted by Gasteiger charge is 2.34. The van der Waals surface area contributed by atoms with Gasteiger partial charge in [-0.2, -0.15) is 0 Å². The smallest absolute Gasteiger partial charge is 0.282 e. The van der Waals surface area contributed by atoms with E-state index < -0.39 is 38.2 Å². The minimum atomic E-state index is -3.19. The zero-order valence-electron chi connectivity index (χ0n) is 11.2. The van der Waals surface area contributed by atoms with Gasteiger partial charge >= 0.3 is 0 Å². The minimum Gasteiger partial charge on any atom is -0.337 e. The molecule has 0 spiro atoms. The number of benzene rings is 1. The van der Waals surface area contributed by atoms with Gasteiger partial charge in [-0.25, -0.2) is 12.8 Å². The molecule has 1 aromatic rings. The van der Waals surface area contributed by atoms with Gasteiger partial charge in [0.2, 0.25) is 0 Å². The molecule has 0 aromatic heterocycles. The summed E-state index contributed by atoms with van der Waals surface area (Å²) in [6, 6.07) is 2.06. The lowest BCUT2D eigenvalue weighted by molar-refractivity contribution is -0.385. The van der Waals surface area contributed by atoms with Gasteiger partial charge in [-0.3, -0.25) is 14.9 Å². The van der Waals surface area contributed by atoms with Crippen molar-refractivity contribution in [3.63, 3.8) is 0 Å². The Morgan fingerprint density at radius 2 is 2.14 bits per heavy atom. The molecule has 9 heteroatoms. The van der Waals surface area contributed by atoms with Gasteiger partial charge in [0.05, 0.1) is 16.4 Å². The van der Waals surface area contributed by atoms with Crippen molar-refractivity contribution in [2.45, 2.75) is 12.5 Å². The van der Waals surface area contributed by atoms with Crippen molar-refractivity contribution < 1.29 is 22.5 Å². The van der Waals surface area contributed by atoms with Crippen LogP contribution in [0.3, 0.4) is 0 Å². The fraction of sp³-hybridized carbons (Fsp3) is 0.417. The number of carbonyl (C=O) groups excluding carboxylic acids is 1. The molecule has 0 aliphatic carbocycles. The van der Waals surface area contributed by atoms with E-state index in [-0.39, 0.29) is 23.5 Å². The lowest BCUT2D eigenvalue weighted by Gasteiger charge is -2.23. The predicted octanol–water partition coefficient (Wildman–Crippen LogP) is 0.993. The molecule has 1 aliphatic heterocycles. The molecular formula is C12H13FN2O5S. The summed E-state index contributed by atoms with van der Waals surface area (Å²) in [7, 11) is -1.83. The SMILES string of the molecule is CN(C(=O)c1cc(F)ccc1[N+](=O)[O-])C1CCS(=O)(=O)C1. The standard InChI is InChI=1S/C12H13FN2O5S/c1-14(9-4-5-21(19,20)7-9)12(16)10-6-8(13)2-3-11(10)15(17)18/h2-3,6,9H,4-5,7H2,1H3. The fourth-order valence-electron chi connectivity index (χ4n) is 2.28. The van der Waals surface area contributed by atoms with Gasteiger partial charge in [-0.15, -0.1) is 0 Å². The summed E-state index contributed by atoms with van der Waals surface area (Å²) >= 11 is 0. The second kappa shape index (κ2) is 5.40. The molecule has 0 bridgehead atoms. The minimum absolute atomic E-state index is 0.0273. The Morgan fingerprint density at radius 1 is 1.48 bits per heavy atom. The van der Waals surface area contributed by atoms with Crippen LogP contribution in [0.1, 0.15) is 16.8 Å². The van der Waals surface area contributed by atoms with Crippen molar-refractivity contribution in [3.05, 3.63) is 39.7 Å². The van der Waals surface area contributed by atoms with Crippen LogP contribution in [-0.2, 0) is 9.84 Å². The topological polar surface area (TPSA) is 97.6 Å². The summed E-state index contributed by atoms with van der Waals surface area (Å²) in [5.74, 6) is -1.74. The molecule has 1 aliphatic rings. The van der Waals surface area contributed by atoms with Crippen LogP contribution >= 0.6 is 0 Å². The first-order chi connectivity index (χ1) is 9.71. The highest BCUT2D eigenvalue weighted by Crippen LogP contribution is 2.24. The monoisotopic (exact) mass is 316 g/mol. The van der Waals surface area contributed by atoms with Crippen LogP contribution in [0.25, 0.3) is 0 Å². The number of hydrogen-bond acceptors (Lipinski definition) is 5. The Labute approximate surface area is 120 Å². The van der Waals surface area contributed by atoms with Crippen LogP contribution in [0.2, 0.25) is 0 Å². The molecule has 1 fully saturated rings. The number of halogens is 1. The Balaban J connectivity index is 2.32. The first kappa shape index (κ1) is 15.4. The van der Waals surface area contributed by atoms with Crippen molar-refractivity contribution >= 4 is 21.4 Å². The maximum Gasteiger partial charge on any atom is 0.282 e. The van der Waals surface area contributed by atoms with E-state index in [1.807, 2.05) is 0 Å². The number of nitrogens with zero attached hydrogens (tertiary/aromatic N) is 2. The quantitative estimate of drug-likeness (QED) is 0.612. The van der Waals surface area contributed by atoms with E-state index in [9.17, 15) is 27.7 Å². The largest absolute Gasteiger partial charge is 0.337 e. The van der Waals surface area contributed by atoms with Crippen molar-refractivity contribution in [2.75, 3.05) is 18.6 Å². The molecule has 0 N–H and O–H groups in total. The molecule has 114 valence electrons. The highest BCUT2D eigenvalue weighted by atomic mass is 32.2. The predicted molar refractivity (Wildman–Crippen MR) is 72.2 cm³/mol. The lowest BCUT2D eigenvalue weighted by Crippen LogP contribution is -2.38. The van der Waals surface area contributed by atoms with E-state index in [4.69, 9.17) is 0 Å². The first-order valence-electron chi connectivity index (χ1n) is 6.13. The molecule has 1 saturated heterocycles. The second-order valence-corrected chi connectivity index (χ2v) is 7.12. The van der Waals surface area contributed by atoms with Crippen molar-refractivity contribution in [3.8, 4) is 0 Å². The molecule has 1 unspecified atom stereocenters.